The Balaban J connectivity index is 1.20. The molecule has 1 aliphatic carbocycles. The van der Waals surface area contributed by atoms with Crippen molar-refractivity contribution in [1.82, 2.24) is 19.7 Å². The van der Waals surface area contributed by atoms with Crippen molar-refractivity contribution in [3.63, 3.8) is 0 Å². The minimum atomic E-state index is -1.14. The Morgan fingerprint density at radius 2 is 1.90 bits per heavy atom. The number of hydrogen-bond donors (Lipinski definition) is 2. The molecule has 1 saturated heterocycles. The summed E-state index contributed by atoms with van der Waals surface area (Å²) in [5, 5.41) is 1.80. The van der Waals surface area contributed by atoms with E-state index in [1.54, 1.807) is 6.07 Å². The number of anilines is 1. The molecule has 6 nitrogen and oxygen atoms in total. The minimum Gasteiger partial charge on any atom is -0.357 e. The molecule has 39 heavy (non-hydrogen) atoms. The van der Waals surface area contributed by atoms with Crippen molar-refractivity contribution in [1.29, 1.82) is 0 Å². The highest BCUT2D eigenvalue weighted by atomic mass is 35.5. The molecule has 3 heterocycles. The fourth-order valence-electron chi connectivity index (χ4n) is 5.67. The molecule has 2 aliphatic rings. The normalized spacial score (nSPS) is 19.5. The lowest BCUT2D eigenvalue weighted by molar-refractivity contribution is 0.177. The van der Waals surface area contributed by atoms with Crippen LogP contribution in [-0.4, -0.2) is 37.0 Å². The van der Waals surface area contributed by atoms with Crippen molar-refractivity contribution in [2.24, 2.45) is 5.41 Å². The van der Waals surface area contributed by atoms with Crippen LogP contribution in [0.1, 0.15) is 50.8 Å². The van der Waals surface area contributed by atoms with Crippen molar-refractivity contribution in [2.45, 2.75) is 60.9 Å². The molecule has 4 aromatic rings. The number of nitrogens with one attached hydrogen (secondary N) is 2. The Labute approximate surface area is 245 Å². The fourth-order valence-corrected chi connectivity index (χ4v) is 7.95. The van der Waals surface area contributed by atoms with Crippen LogP contribution in [0.2, 0.25) is 10.0 Å². The van der Waals surface area contributed by atoms with E-state index in [1.165, 1.54) is 22.9 Å². The Bertz CT molecular complexity index is 1560. The van der Waals surface area contributed by atoms with Crippen LogP contribution in [0.5, 0.6) is 0 Å². The monoisotopic (exact) mass is 599 g/mol. The summed E-state index contributed by atoms with van der Waals surface area (Å²) in [4.78, 5) is 16.1. The quantitative estimate of drug-likeness (QED) is 0.251. The summed E-state index contributed by atoms with van der Waals surface area (Å²) < 4.78 is 16.4. The third kappa shape index (κ3) is 5.22. The van der Waals surface area contributed by atoms with E-state index in [0.717, 1.165) is 59.3 Å². The van der Waals surface area contributed by atoms with Gasteiger partial charge in [-0.3, -0.25) is 0 Å². The van der Waals surface area contributed by atoms with Gasteiger partial charge in [-0.1, -0.05) is 65.3 Å². The molecule has 0 saturated carbocycles. The lowest BCUT2D eigenvalue weighted by Gasteiger charge is -2.44. The maximum absolute atomic E-state index is 13.2. The van der Waals surface area contributed by atoms with E-state index in [2.05, 4.69) is 44.9 Å². The van der Waals surface area contributed by atoms with Crippen LogP contribution in [-0.2, 0) is 17.4 Å². The number of halogens is 2. The molecule has 0 amide bonds. The zero-order valence-electron chi connectivity index (χ0n) is 22.1. The topological polar surface area (TPSA) is 73.9 Å². The van der Waals surface area contributed by atoms with Crippen molar-refractivity contribution in [3.05, 3.63) is 75.9 Å². The van der Waals surface area contributed by atoms with Crippen molar-refractivity contribution >= 4 is 62.8 Å². The highest BCUT2D eigenvalue weighted by Crippen LogP contribution is 2.52. The summed E-state index contributed by atoms with van der Waals surface area (Å²) in [6.45, 7) is 7.85. The molecule has 2 aromatic heterocycles. The highest BCUT2D eigenvalue weighted by Gasteiger charge is 2.48. The van der Waals surface area contributed by atoms with Crippen LogP contribution in [0.3, 0.4) is 0 Å². The summed E-state index contributed by atoms with van der Waals surface area (Å²) in [5.74, 6) is 0.930. The van der Waals surface area contributed by atoms with Gasteiger partial charge in [-0.25, -0.2) is 18.9 Å². The van der Waals surface area contributed by atoms with Gasteiger partial charge in [0.05, 0.1) is 49.0 Å². The van der Waals surface area contributed by atoms with E-state index >= 15 is 0 Å². The number of H-pyrrole nitrogens is 1. The molecule has 6 rings (SSSR count). The van der Waals surface area contributed by atoms with Gasteiger partial charge in [-0.05, 0) is 68.7 Å². The van der Waals surface area contributed by atoms with Crippen LogP contribution >= 0.6 is 35.0 Å². The summed E-state index contributed by atoms with van der Waals surface area (Å²) in [5.41, 5.74) is 4.46. The number of hydrogen-bond acceptors (Lipinski definition) is 5. The number of aromatic amines is 1. The third-order valence-corrected chi connectivity index (χ3v) is 11.3. The zero-order valence-corrected chi connectivity index (χ0v) is 25.3. The molecule has 0 bridgehead atoms. The van der Waals surface area contributed by atoms with Gasteiger partial charge in [0.25, 0.3) is 0 Å². The van der Waals surface area contributed by atoms with Crippen LogP contribution in [0.25, 0.3) is 11.0 Å². The maximum atomic E-state index is 13.2. The number of benzene rings is 2. The molecule has 2 N–H and O–H groups in total. The average Bonchev–Trinajstić information content (AvgIpc) is 3.44. The predicted octanol–water partition coefficient (Wildman–Crippen LogP) is 7.35. The van der Waals surface area contributed by atoms with Crippen LogP contribution in [0.4, 0.5) is 5.82 Å². The number of pyridine rings is 1. The van der Waals surface area contributed by atoms with E-state index in [4.69, 9.17) is 33.2 Å². The molecule has 1 spiro atoms. The lowest BCUT2D eigenvalue weighted by atomic mass is 9.73. The summed E-state index contributed by atoms with van der Waals surface area (Å²) in [7, 11) is -1.14. The number of nitrogens with zero attached hydrogens (tertiary/aromatic N) is 3. The second-order valence-corrected chi connectivity index (χ2v) is 15.2. The molecule has 0 radical (unpaired) electrons. The smallest absolute Gasteiger partial charge is 0.171 e. The Morgan fingerprint density at radius 1 is 1.13 bits per heavy atom. The van der Waals surface area contributed by atoms with Gasteiger partial charge in [0.15, 0.2) is 5.16 Å². The molecule has 2 atom stereocenters. The zero-order chi connectivity index (χ0) is 27.4. The first-order chi connectivity index (χ1) is 18.6. The molecule has 1 unspecified atom stereocenters. The highest BCUT2D eigenvalue weighted by molar-refractivity contribution is 7.99. The van der Waals surface area contributed by atoms with Gasteiger partial charge in [-0.15, -0.1) is 0 Å². The standard InChI is InChI=1S/C29H31Cl2N5OS2/c1-28(2,3)39(37)35-26-19-8-5-4-7-18(19)16-29(26)11-13-36(14-12-29)24-15-21-22(17-32-24)34-27(33-21)38-23-10-6-9-20(30)25(23)31/h4-10,15,17,26,35H,11-14,16H2,1-3H3,(H,33,34)/t26-,39?/m1/s1. The number of rotatable bonds is 5. The number of imidazole rings is 1. The first-order valence-electron chi connectivity index (χ1n) is 13.1. The maximum Gasteiger partial charge on any atom is 0.171 e. The Kier molecular flexibility index (Phi) is 7.21. The number of aromatic nitrogens is 3. The predicted molar refractivity (Wildman–Crippen MR) is 162 cm³/mol. The first kappa shape index (κ1) is 27.1. The lowest BCUT2D eigenvalue weighted by Crippen LogP contribution is -2.48. The van der Waals surface area contributed by atoms with Gasteiger partial charge in [0.2, 0.25) is 0 Å². The summed E-state index contributed by atoms with van der Waals surface area (Å²) in [6, 6.07) is 16.4. The summed E-state index contributed by atoms with van der Waals surface area (Å²) >= 11 is 14.0. The largest absolute Gasteiger partial charge is 0.357 e. The average molecular weight is 601 g/mol. The number of piperidine rings is 1. The molecule has 1 fully saturated rings. The first-order valence-corrected chi connectivity index (χ1v) is 15.8. The molecular weight excluding hydrogens is 569 g/mol. The van der Waals surface area contributed by atoms with Crippen LogP contribution in [0.15, 0.2) is 64.8 Å². The summed E-state index contributed by atoms with van der Waals surface area (Å²) in [6.07, 6.45) is 4.85. The van der Waals surface area contributed by atoms with E-state index in [-0.39, 0.29) is 16.2 Å². The van der Waals surface area contributed by atoms with Gasteiger partial charge in [0.1, 0.15) is 5.82 Å². The SMILES string of the molecule is CC(C)(C)S(=O)N[C@@H]1c2ccccc2CC12CCN(c1cc3nc(Sc4cccc(Cl)c4Cl)[nH]c3cn1)CC2. The molecule has 2 aromatic carbocycles. The Morgan fingerprint density at radius 3 is 2.67 bits per heavy atom. The van der Waals surface area contributed by atoms with Crippen molar-refractivity contribution in [3.8, 4) is 0 Å². The van der Waals surface area contributed by atoms with Crippen molar-refractivity contribution in [2.75, 3.05) is 18.0 Å². The van der Waals surface area contributed by atoms with E-state index < -0.39 is 11.0 Å². The Hall–Kier alpha value is -2.10. The third-order valence-electron chi connectivity index (χ3n) is 7.84. The molecule has 204 valence electrons. The van der Waals surface area contributed by atoms with Gasteiger partial charge >= 0.3 is 0 Å². The second kappa shape index (κ2) is 10.4. The van der Waals surface area contributed by atoms with E-state index in [1.807, 2.05) is 39.1 Å². The molecular formula is C29H31Cl2N5OS2. The van der Waals surface area contributed by atoms with Crippen molar-refractivity contribution < 1.29 is 4.21 Å². The van der Waals surface area contributed by atoms with Crippen LogP contribution < -0.4 is 9.62 Å². The van der Waals surface area contributed by atoms with Gasteiger partial charge in [-0.2, -0.15) is 0 Å². The van der Waals surface area contributed by atoms with Gasteiger partial charge in [0, 0.05) is 24.1 Å². The van der Waals surface area contributed by atoms with E-state index in [9.17, 15) is 4.21 Å². The van der Waals surface area contributed by atoms with Crippen LogP contribution in [0, 0.1) is 5.41 Å². The second-order valence-electron chi connectivity index (χ2n) is 11.4. The molecule has 1 aliphatic heterocycles. The van der Waals surface area contributed by atoms with E-state index in [0.29, 0.717) is 10.0 Å². The molecule has 10 heteroatoms. The minimum absolute atomic E-state index is 0.0393. The van der Waals surface area contributed by atoms with Gasteiger partial charge < -0.3 is 9.88 Å². The fraction of sp³-hybridized carbons (Fsp3) is 0.379. The number of fused-ring (bicyclic) bond motifs is 2.